The van der Waals surface area contributed by atoms with Crippen LogP contribution in [0.3, 0.4) is 0 Å². The predicted molar refractivity (Wildman–Crippen MR) is 132 cm³/mol. The van der Waals surface area contributed by atoms with Gasteiger partial charge in [-0.1, -0.05) is 29.8 Å². The number of carbonyl (C=O) groups is 2. The van der Waals surface area contributed by atoms with Gasteiger partial charge in [0.15, 0.2) is 11.5 Å². The average Bonchev–Trinajstić information content (AvgIpc) is 2.80. The molecule has 0 aliphatic carbocycles. The van der Waals surface area contributed by atoms with E-state index in [2.05, 4.69) is 5.32 Å². The molecule has 186 valence electrons. The predicted octanol–water partition coefficient (Wildman–Crippen LogP) is 2.68. The van der Waals surface area contributed by atoms with Crippen molar-refractivity contribution in [3.8, 4) is 11.5 Å². The van der Waals surface area contributed by atoms with Crippen molar-refractivity contribution in [1.82, 2.24) is 10.2 Å². The van der Waals surface area contributed by atoms with Gasteiger partial charge in [-0.15, -0.1) is 0 Å². The molecule has 1 atom stereocenters. The van der Waals surface area contributed by atoms with Crippen molar-refractivity contribution in [3.63, 3.8) is 0 Å². The number of ether oxygens (including phenoxy) is 2. The van der Waals surface area contributed by atoms with Gasteiger partial charge >= 0.3 is 0 Å². The number of rotatable bonds is 11. The minimum absolute atomic E-state index is 0.0281. The lowest BCUT2D eigenvalue weighted by Crippen LogP contribution is -2.51. The van der Waals surface area contributed by atoms with Crippen LogP contribution in [0.15, 0.2) is 42.5 Å². The number of anilines is 1. The van der Waals surface area contributed by atoms with Crippen molar-refractivity contribution >= 4 is 39.1 Å². The lowest BCUT2D eigenvalue weighted by atomic mass is 10.1. The highest BCUT2D eigenvalue weighted by atomic mass is 35.5. The third kappa shape index (κ3) is 6.77. The number of benzene rings is 2. The first-order valence-electron chi connectivity index (χ1n) is 10.5. The summed E-state index contributed by atoms with van der Waals surface area (Å²) in [6.07, 6.45) is 1.00. The van der Waals surface area contributed by atoms with Crippen LogP contribution in [0.2, 0.25) is 5.02 Å². The second-order valence-electron chi connectivity index (χ2n) is 7.49. The van der Waals surface area contributed by atoms with Crippen LogP contribution in [0.25, 0.3) is 0 Å². The first kappa shape index (κ1) is 27.3. The molecule has 0 spiro atoms. The minimum atomic E-state index is -3.87. The molecule has 0 radical (unpaired) electrons. The zero-order valence-corrected chi connectivity index (χ0v) is 21.4. The van der Waals surface area contributed by atoms with Gasteiger partial charge in [-0.2, -0.15) is 0 Å². The molecule has 0 aliphatic rings. The Hall–Kier alpha value is -2.98. The number of likely N-dealkylation sites (N-methyl/N-ethyl adjacent to an activating group) is 1. The maximum Gasteiger partial charge on any atom is 0.244 e. The van der Waals surface area contributed by atoms with E-state index in [1.54, 1.807) is 44.2 Å². The largest absolute Gasteiger partial charge is 0.493 e. The van der Waals surface area contributed by atoms with Gasteiger partial charge in [0.05, 0.1) is 26.2 Å². The molecule has 0 bridgehead atoms. The van der Waals surface area contributed by atoms with Crippen LogP contribution in [0.1, 0.15) is 19.4 Å². The Labute approximate surface area is 205 Å². The first-order valence-corrected chi connectivity index (χ1v) is 12.8. The normalized spacial score (nSPS) is 11.9. The van der Waals surface area contributed by atoms with Crippen LogP contribution in [-0.2, 0) is 26.2 Å². The van der Waals surface area contributed by atoms with E-state index in [9.17, 15) is 18.0 Å². The number of sulfonamides is 1. The Balaban J connectivity index is 2.45. The molecule has 2 amide bonds. The lowest BCUT2D eigenvalue weighted by Gasteiger charge is -2.31. The molecule has 2 aromatic carbocycles. The van der Waals surface area contributed by atoms with Crippen molar-refractivity contribution in [1.29, 1.82) is 0 Å². The van der Waals surface area contributed by atoms with E-state index >= 15 is 0 Å². The number of carbonyl (C=O) groups excluding carboxylic acids is 2. The zero-order valence-electron chi connectivity index (χ0n) is 19.9. The van der Waals surface area contributed by atoms with Gasteiger partial charge in [-0.05, 0) is 37.6 Å². The lowest BCUT2D eigenvalue weighted by molar-refractivity contribution is -0.139. The van der Waals surface area contributed by atoms with Crippen molar-refractivity contribution in [2.75, 3.05) is 37.9 Å². The van der Waals surface area contributed by atoms with E-state index in [0.29, 0.717) is 28.6 Å². The summed E-state index contributed by atoms with van der Waals surface area (Å²) < 4.78 is 36.7. The van der Waals surface area contributed by atoms with Gasteiger partial charge in [0.25, 0.3) is 0 Å². The molecule has 0 aromatic heterocycles. The number of methoxy groups -OCH3 is 2. The fraction of sp³-hybridized carbons (Fsp3) is 0.391. The molecule has 0 heterocycles. The van der Waals surface area contributed by atoms with Gasteiger partial charge in [-0.25, -0.2) is 8.42 Å². The van der Waals surface area contributed by atoms with E-state index in [1.807, 2.05) is 0 Å². The van der Waals surface area contributed by atoms with Crippen molar-refractivity contribution in [2.24, 2.45) is 0 Å². The summed E-state index contributed by atoms with van der Waals surface area (Å²) in [5.41, 5.74) is 0.850. The van der Waals surface area contributed by atoms with Crippen LogP contribution in [-0.4, -0.2) is 64.7 Å². The zero-order chi connectivity index (χ0) is 25.5. The molecule has 1 N–H and O–H groups in total. The topological polar surface area (TPSA) is 105 Å². The number of amides is 2. The Morgan fingerprint density at radius 1 is 1.09 bits per heavy atom. The van der Waals surface area contributed by atoms with Gasteiger partial charge in [0.1, 0.15) is 12.6 Å². The molecule has 0 aliphatic heterocycles. The van der Waals surface area contributed by atoms with Gasteiger partial charge in [0, 0.05) is 24.2 Å². The van der Waals surface area contributed by atoms with Gasteiger partial charge < -0.3 is 19.7 Å². The summed E-state index contributed by atoms with van der Waals surface area (Å²) >= 11 is 6.28. The van der Waals surface area contributed by atoms with Crippen LogP contribution >= 0.6 is 11.6 Å². The van der Waals surface area contributed by atoms with E-state index in [-0.39, 0.29) is 18.1 Å². The van der Waals surface area contributed by atoms with E-state index < -0.39 is 28.5 Å². The van der Waals surface area contributed by atoms with E-state index in [0.717, 1.165) is 10.6 Å². The number of nitrogens with zero attached hydrogens (tertiary/aromatic N) is 2. The summed E-state index contributed by atoms with van der Waals surface area (Å²) in [5, 5.41) is 3.13. The number of nitrogens with one attached hydrogen (secondary N) is 1. The van der Waals surface area contributed by atoms with Crippen LogP contribution < -0.4 is 19.1 Å². The highest BCUT2D eigenvalue weighted by molar-refractivity contribution is 7.92. The molecule has 2 rings (SSSR count). The molecular formula is C23H30ClN3O6S. The Bertz CT molecular complexity index is 1130. The fourth-order valence-electron chi connectivity index (χ4n) is 3.31. The molecule has 11 heteroatoms. The van der Waals surface area contributed by atoms with Crippen LogP contribution in [0, 0.1) is 0 Å². The summed E-state index contributed by atoms with van der Waals surface area (Å²) in [7, 11) is -0.975. The van der Waals surface area contributed by atoms with E-state index in [4.69, 9.17) is 21.1 Å². The molecule has 0 saturated heterocycles. The SMILES string of the molecule is CCNC(=O)C(C)N(Cc1ccccc1Cl)C(=O)CN(c1ccc(OC)c(OC)c1)S(C)(=O)=O. The van der Waals surface area contributed by atoms with Gasteiger partial charge in [-0.3, -0.25) is 13.9 Å². The maximum absolute atomic E-state index is 13.5. The third-order valence-corrected chi connectivity index (χ3v) is 6.66. The summed E-state index contributed by atoms with van der Waals surface area (Å²) in [4.78, 5) is 27.3. The van der Waals surface area contributed by atoms with Crippen molar-refractivity contribution in [2.45, 2.75) is 26.4 Å². The summed E-state index contributed by atoms with van der Waals surface area (Å²) in [6, 6.07) is 10.6. The highest BCUT2D eigenvalue weighted by Crippen LogP contribution is 2.32. The molecule has 0 saturated carbocycles. The third-order valence-electron chi connectivity index (χ3n) is 5.15. The Morgan fingerprint density at radius 2 is 1.74 bits per heavy atom. The van der Waals surface area contributed by atoms with Gasteiger partial charge in [0.2, 0.25) is 21.8 Å². The quantitative estimate of drug-likeness (QED) is 0.497. The standard InChI is InChI=1S/C23H30ClN3O6S/c1-6-25-23(29)16(2)26(14-17-9-7-8-10-19(17)24)22(28)15-27(34(5,30)31)18-11-12-20(32-3)21(13-18)33-4/h7-13,16H,6,14-15H2,1-5H3,(H,25,29). The maximum atomic E-state index is 13.5. The smallest absolute Gasteiger partial charge is 0.244 e. The van der Waals surface area contributed by atoms with Crippen molar-refractivity contribution < 1.29 is 27.5 Å². The Kier molecular flexibility index (Phi) is 9.57. The molecule has 34 heavy (non-hydrogen) atoms. The first-order chi connectivity index (χ1) is 16.0. The summed E-state index contributed by atoms with van der Waals surface area (Å²) in [6.45, 7) is 3.25. The van der Waals surface area contributed by atoms with Crippen LogP contribution in [0.4, 0.5) is 5.69 Å². The van der Waals surface area contributed by atoms with Crippen molar-refractivity contribution in [3.05, 3.63) is 53.1 Å². The minimum Gasteiger partial charge on any atom is -0.493 e. The molecule has 2 aromatic rings. The average molecular weight is 512 g/mol. The monoisotopic (exact) mass is 511 g/mol. The number of hydrogen-bond donors (Lipinski definition) is 1. The molecule has 1 unspecified atom stereocenters. The highest BCUT2D eigenvalue weighted by Gasteiger charge is 2.30. The Morgan fingerprint density at radius 3 is 2.29 bits per heavy atom. The second-order valence-corrected chi connectivity index (χ2v) is 9.81. The summed E-state index contributed by atoms with van der Waals surface area (Å²) in [5.74, 6) is -0.209. The van der Waals surface area contributed by atoms with Crippen LogP contribution in [0.5, 0.6) is 11.5 Å². The molecular weight excluding hydrogens is 482 g/mol. The number of hydrogen-bond acceptors (Lipinski definition) is 6. The fourth-order valence-corrected chi connectivity index (χ4v) is 4.35. The second kappa shape index (κ2) is 11.9. The van der Waals surface area contributed by atoms with E-state index in [1.165, 1.54) is 31.3 Å². The molecule has 0 fully saturated rings. The number of halogens is 1. The molecule has 9 nitrogen and oxygen atoms in total.